The lowest BCUT2D eigenvalue weighted by Crippen LogP contribution is -2.12. The molecule has 1 aromatic carbocycles. The average molecular weight is 271 g/mol. The smallest absolute Gasteiger partial charge is 0.387 e. The van der Waals surface area contributed by atoms with E-state index in [-0.39, 0.29) is 23.5 Å². The van der Waals surface area contributed by atoms with Crippen LogP contribution in [0.1, 0.15) is 22.8 Å². The van der Waals surface area contributed by atoms with Gasteiger partial charge in [-0.2, -0.15) is 14.0 Å². The molecule has 0 aliphatic heterocycles. The Balaban J connectivity index is 3.37. The van der Waals surface area contributed by atoms with Crippen molar-refractivity contribution < 1.29 is 27.8 Å². The molecule has 0 radical (unpaired) electrons. The van der Waals surface area contributed by atoms with Crippen LogP contribution in [0.5, 0.6) is 11.5 Å². The van der Waals surface area contributed by atoms with Crippen LogP contribution in [0.2, 0.25) is 0 Å². The summed E-state index contributed by atoms with van der Waals surface area (Å²) in [5, 5.41) is 8.90. The van der Waals surface area contributed by atoms with Gasteiger partial charge in [0.1, 0.15) is 17.4 Å². The number of hydrogen-bond donors (Lipinski definition) is 0. The molecule has 0 saturated heterocycles. The van der Waals surface area contributed by atoms with E-state index in [2.05, 4.69) is 4.74 Å². The maximum Gasteiger partial charge on any atom is 0.387 e. The van der Waals surface area contributed by atoms with E-state index in [0.717, 1.165) is 0 Å². The van der Waals surface area contributed by atoms with E-state index in [1.807, 2.05) is 0 Å². The zero-order valence-electron chi connectivity index (χ0n) is 10.3. The van der Waals surface area contributed by atoms with Crippen molar-refractivity contribution in [1.29, 1.82) is 5.26 Å². The van der Waals surface area contributed by atoms with Crippen LogP contribution in [0.15, 0.2) is 12.1 Å². The van der Waals surface area contributed by atoms with Crippen molar-refractivity contribution in [2.45, 2.75) is 13.5 Å². The minimum Gasteiger partial charge on any atom is -0.497 e. The molecule has 0 atom stereocenters. The fraction of sp³-hybridized carbons (Fsp3) is 0.333. The summed E-state index contributed by atoms with van der Waals surface area (Å²) in [5.74, 6) is -1.22. The first-order valence-corrected chi connectivity index (χ1v) is 5.27. The third-order valence-electron chi connectivity index (χ3n) is 2.12. The van der Waals surface area contributed by atoms with E-state index in [4.69, 9.17) is 14.7 Å². The summed E-state index contributed by atoms with van der Waals surface area (Å²) in [6.07, 6.45) is 0. The van der Waals surface area contributed by atoms with Gasteiger partial charge in [-0.05, 0) is 13.0 Å². The number of carbonyl (C=O) groups is 1. The number of hydrogen-bond acceptors (Lipinski definition) is 5. The SMILES string of the molecule is CCOC(=O)c1cc(OC)cc(C#N)c1OC(F)F. The molecular formula is C12H11F2NO4. The molecule has 1 aromatic rings. The standard InChI is InChI=1S/C12H11F2NO4/c1-3-18-11(16)9-5-8(17-2)4-7(6-15)10(9)19-12(13)14/h4-5,12H,3H2,1-2H3. The first-order valence-electron chi connectivity index (χ1n) is 5.27. The lowest BCUT2D eigenvalue weighted by Gasteiger charge is -2.13. The van der Waals surface area contributed by atoms with Crippen LogP contribution in [-0.2, 0) is 4.74 Å². The molecule has 0 N–H and O–H groups in total. The Bertz CT molecular complexity index is 511. The summed E-state index contributed by atoms with van der Waals surface area (Å²) in [7, 11) is 1.32. The Morgan fingerprint density at radius 3 is 2.63 bits per heavy atom. The van der Waals surface area contributed by atoms with Crippen molar-refractivity contribution >= 4 is 5.97 Å². The van der Waals surface area contributed by atoms with Gasteiger partial charge in [-0.3, -0.25) is 0 Å². The summed E-state index contributed by atoms with van der Waals surface area (Å²) in [6, 6.07) is 4.04. The highest BCUT2D eigenvalue weighted by Gasteiger charge is 2.22. The zero-order valence-corrected chi connectivity index (χ0v) is 10.3. The highest BCUT2D eigenvalue weighted by atomic mass is 19.3. The number of alkyl halides is 2. The molecule has 0 bridgehead atoms. The van der Waals surface area contributed by atoms with Crippen molar-refractivity contribution in [2.24, 2.45) is 0 Å². The van der Waals surface area contributed by atoms with Gasteiger partial charge in [0.15, 0.2) is 5.75 Å². The molecule has 5 nitrogen and oxygen atoms in total. The molecule has 19 heavy (non-hydrogen) atoms. The van der Waals surface area contributed by atoms with Gasteiger partial charge in [-0.15, -0.1) is 0 Å². The van der Waals surface area contributed by atoms with Crippen LogP contribution in [0, 0.1) is 11.3 Å². The normalized spacial score (nSPS) is 9.89. The van der Waals surface area contributed by atoms with Gasteiger partial charge in [0, 0.05) is 6.07 Å². The van der Waals surface area contributed by atoms with E-state index >= 15 is 0 Å². The van der Waals surface area contributed by atoms with E-state index in [9.17, 15) is 13.6 Å². The summed E-state index contributed by atoms with van der Waals surface area (Å²) < 4.78 is 38.5. The molecule has 102 valence electrons. The van der Waals surface area contributed by atoms with Gasteiger partial charge < -0.3 is 14.2 Å². The number of esters is 1. The van der Waals surface area contributed by atoms with E-state index < -0.39 is 18.3 Å². The van der Waals surface area contributed by atoms with Gasteiger partial charge >= 0.3 is 12.6 Å². The first kappa shape index (κ1) is 14.7. The summed E-state index contributed by atoms with van der Waals surface area (Å²) >= 11 is 0. The molecule has 7 heteroatoms. The van der Waals surface area contributed by atoms with Crippen molar-refractivity contribution in [2.75, 3.05) is 13.7 Å². The van der Waals surface area contributed by atoms with Crippen LogP contribution in [0.25, 0.3) is 0 Å². The quantitative estimate of drug-likeness (QED) is 0.769. The Morgan fingerprint density at radius 2 is 2.16 bits per heavy atom. The number of benzene rings is 1. The highest BCUT2D eigenvalue weighted by Crippen LogP contribution is 2.31. The van der Waals surface area contributed by atoms with E-state index in [1.165, 1.54) is 19.2 Å². The van der Waals surface area contributed by atoms with Crippen molar-refractivity contribution in [3.05, 3.63) is 23.3 Å². The minimum absolute atomic E-state index is 0.0616. The molecule has 0 aliphatic rings. The predicted molar refractivity (Wildman–Crippen MR) is 60.3 cm³/mol. The second kappa shape index (κ2) is 6.54. The Morgan fingerprint density at radius 1 is 1.47 bits per heavy atom. The highest BCUT2D eigenvalue weighted by molar-refractivity contribution is 5.94. The maximum absolute atomic E-state index is 12.3. The minimum atomic E-state index is -3.16. The molecule has 0 amide bonds. The number of methoxy groups -OCH3 is 1. The zero-order chi connectivity index (χ0) is 14.4. The number of carbonyl (C=O) groups excluding carboxylic acids is 1. The third-order valence-corrected chi connectivity index (χ3v) is 2.12. The third kappa shape index (κ3) is 3.55. The second-order valence-electron chi connectivity index (χ2n) is 3.26. The number of halogens is 2. The van der Waals surface area contributed by atoms with Gasteiger partial charge in [0.2, 0.25) is 0 Å². The molecule has 0 aliphatic carbocycles. The summed E-state index contributed by atoms with van der Waals surface area (Å²) in [5.41, 5.74) is -0.513. The lowest BCUT2D eigenvalue weighted by atomic mass is 10.1. The predicted octanol–water partition coefficient (Wildman–Crippen LogP) is 2.34. The molecule has 0 saturated carbocycles. The largest absolute Gasteiger partial charge is 0.497 e. The molecule has 1 rings (SSSR count). The number of nitriles is 1. The number of rotatable bonds is 5. The number of ether oxygens (including phenoxy) is 3. The van der Waals surface area contributed by atoms with E-state index in [0.29, 0.717) is 0 Å². The number of nitrogens with zero attached hydrogens (tertiary/aromatic N) is 1. The first-order chi connectivity index (χ1) is 9.03. The van der Waals surface area contributed by atoms with E-state index in [1.54, 1.807) is 13.0 Å². The second-order valence-corrected chi connectivity index (χ2v) is 3.26. The fourth-order valence-corrected chi connectivity index (χ4v) is 1.38. The summed E-state index contributed by atoms with van der Waals surface area (Å²) in [4.78, 5) is 11.7. The van der Waals surface area contributed by atoms with Crippen LogP contribution >= 0.6 is 0 Å². The van der Waals surface area contributed by atoms with Gasteiger partial charge in [-0.1, -0.05) is 0 Å². The van der Waals surface area contributed by atoms with Gasteiger partial charge in [-0.25, -0.2) is 4.79 Å². The van der Waals surface area contributed by atoms with Crippen LogP contribution in [0.3, 0.4) is 0 Å². The van der Waals surface area contributed by atoms with Crippen molar-refractivity contribution in [3.63, 3.8) is 0 Å². The molecule has 0 fully saturated rings. The lowest BCUT2D eigenvalue weighted by molar-refractivity contribution is -0.0506. The molecule has 0 unspecified atom stereocenters. The van der Waals surface area contributed by atoms with Crippen molar-refractivity contribution in [1.82, 2.24) is 0 Å². The Labute approximate surface area is 108 Å². The van der Waals surface area contributed by atoms with Crippen molar-refractivity contribution in [3.8, 4) is 17.6 Å². The van der Waals surface area contributed by atoms with Gasteiger partial charge in [0.25, 0.3) is 0 Å². The fourth-order valence-electron chi connectivity index (χ4n) is 1.38. The molecular weight excluding hydrogens is 260 g/mol. The van der Waals surface area contributed by atoms with Crippen LogP contribution in [0.4, 0.5) is 8.78 Å². The van der Waals surface area contributed by atoms with Crippen LogP contribution < -0.4 is 9.47 Å². The maximum atomic E-state index is 12.3. The summed E-state index contributed by atoms with van der Waals surface area (Å²) in [6.45, 7) is -1.53. The Hall–Kier alpha value is -2.36. The molecule has 0 heterocycles. The Kier molecular flexibility index (Phi) is 5.06. The molecule has 0 aromatic heterocycles. The average Bonchev–Trinajstić information content (AvgIpc) is 2.38. The van der Waals surface area contributed by atoms with Gasteiger partial charge in [0.05, 0.1) is 19.3 Å². The van der Waals surface area contributed by atoms with Crippen LogP contribution in [-0.4, -0.2) is 26.3 Å². The topological polar surface area (TPSA) is 68.5 Å². The monoisotopic (exact) mass is 271 g/mol. The molecule has 0 spiro atoms.